The van der Waals surface area contributed by atoms with E-state index >= 15 is 0 Å². The van der Waals surface area contributed by atoms with E-state index in [1.807, 2.05) is 13.1 Å². The van der Waals surface area contributed by atoms with Crippen LogP contribution in [0.15, 0.2) is 63.3 Å². The Bertz CT molecular complexity index is 842. The van der Waals surface area contributed by atoms with E-state index in [4.69, 9.17) is 0 Å². The molecule has 0 atom stereocenters. The third-order valence-corrected chi connectivity index (χ3v) is 5.51. The van der Waals surface area contributed by atoms with Gasteiger partial charge in [-0.15, -0.1) is 11.3 Å². The number of amidine groups is 1. The average Bonchev–Trinajstić information content (AvgIpc) is 3.24. The Balaban J connectivity index is 1.58. The molecule has 3 heterocycles. The predicted octanol–water partition coefficient (Wildman–Crippen LogP) is 4.65. The lowest BCUT2D eigenvalue weighted by Gasteiger charge is -2.09. The Morgan fingerprint density at radius 1 is 1.25 bits per heavy atom. The lowest BCUT2D eigenvalue weighted by Crippen LogP contribution is -2.21. The Hall–Kier alpha value is -2.20. The van der Waals surface area contributed by atoms with Crippen LogP contribution in [0.1, 0.15) is 29.5 Å². The number of nitrogens with zero attached hydrogens (tertiary/aromatic N) is 2. The van der Waals surface area contributed by atoms with Crippen LogP contribution in [0, 0.1) is 12.8 Å². The van der Waals surface area contributed by atoms with Crippen molar-refractivity contribution in [2.24, 2.45) is 15.9 Å². The van der Waals surface area contributed by atoms with Crippen LogP contribution in [-0.2, 0) is 0 Å². The molecule has 1 aromatic heterocycles. The molecule has 0 aromatic carbocycles. The lowest BCUT2D eigenvalue weighted by atomic mass is 10.1. The molecular formula is C20H21N3S. The predicted molar refractivity (Wildman–Crippen MR) is 104 cm³/mol. The van der Waals surface area contributed by atoms with Gasteiger partial charge in [0.25, 0.3) is 0 Å². The summed E-state index contributed by atoms with van der Waals surface area (Å²) in [4.78, 5) is 11.8. The van der Waals surface area contributed by atoms with E-state index in [-0.39, 0.29) is 0 Å². The fourth-order valence-electron chi connectivity index (χ4n) is 2.93. The molecule has 0 amide bonds. The molecule has 1 fully saturated rings. The van der Waals surface area contributed by atoms with Gasteiger partial charge >= 0.3 is 0 Å². The van der Waals surface area contributed by atoms with Crippen molar-refractivity contribution in [3.05, 3.63) is 63.0 Å². The van der Waals surface area contributed by atoms with Crippen molar-refractivity contribution in [2.45, 2.75) is 26.7 Å². The molecule has 4 heteroatoms. The molecular weight excluding hydrogens is 314 g/mol. The molecule has 1 saturated carbocycles. The molecule has 122 valence electrons. The zero-order valence-electron chi connectivity index (χ0n) is 14.0. The van der Waals surface area contributed by atoms with Gasteiger partial charge in [0.05, 0.1) is 17.1 Å². The standard InChI is InChI=1S/C20H21N3S/c1-3-14-11-21-18(19-9-4-13(2)24-19)8-7-17(14)23-20-10-16(12-22-20)15-5-6-15/h3-4,7-11,15H,5-6,12H2,1-2H3,(H,22,23)/b14-3+. The van der Waals surface area contributed by atoms with Crippen LogP contribution in [0.5, 0.6) is 0 Å². The van der Waals surface area contributed by atoms with Crippen molar-refractivity contribution in [3.8, 4) is 0 Å². The van der Waals surface area contributed by atoms with Crippen LogP contribution in [-0.4, -0.2) is 18.6 Å². The minimum Gasteiger partial charge on any atom is -0.340 e. The average molecular weight is 335 g/mol. The number of thiophene rings is 1. The SMILES string of the molecule is C/C=C1\C=NC(c2ccc(C)s2)=CC=C1NC1=NCC(C2CC2)=C1. The van der Waals surface area contributed by atoms with E-state index < -0.39 is 0 Å². The summed E-state index contributed by atoms with van der Waals surface area (Å²) in [5.41, 5.74) is 4.63. The van der Waals surface area contributed by atoms with Crippen LogP contribution in [0.25, 0.3) is 5.70 Å². The van der Waals surface area contributed by atoms with Gasteiger partial charge in [0.15, 0.2) is 0 Å². The van der Waals surface area contributed by atoms with Gasteiger partial charge < -0.3 is 5.32 Å². The summed E-state index contributed by atoms with van der Waals surface area (Å²) < 4.78 is 0. The van der Waals surface area contributed by atoms with Gasteiger partial charge in [0, 0.05) is 22.4 Å². The summed E-state index contributed by atoms with van der Waals surface area (Å²) in [6.07, 6.45) is 13.1. The largest absolute Gasteiger partial charge is 0.340 e. The van der Waals surface area contributed by atoms with Gasteiger partial charge in [-0.05, 0) is 68.5 Å². The second-order valence-corrected chi connectivity index (χ2v) is 7.65. The maximum absolute atomic E-state index is 4.67. The molecule has 1 aliphatic carbocycles. The Kier molecular flexibility index (Phi) is 4.07. The number of rotatable bonds is 3. The molecule has 3 nitrogen and oxygen atoms in total. The molecule has 3 aliphatic rings. The minimum atomic E-state index is 0.785. The number of aliphatic imine (C=N–C) groups is 2. The zero-order chi connectivity index (χ0) is 16.5. The first-order chi connectivity index (χ1) is 11.7. The Labute approximate surface area is 146 Å². The van der Waals surface area contributed by atoms with Gasteiger partial charge in [-0.25, -0.2) is 0 Å². The van der Waals surface area contributed by atoms with Crippen molar-refractivity contribution in [1.29, 1.82) is 0 Å². The third-order valence-electron chi connectivity index (χ3n) is 4.48. The normalized spacial score (nSPS) is 22.0. The van der Waals surface area contributed by atoms with E-state index in [0.29, 0.717) is 0 Å². The highest BCUT2D eigenvalue weighted by molar-refractivity contribution is 7.13. The van der Waals surface area contributed by atoms with Gasteiger partial charge in [0.2, 0.25) is 0 Å². The smallest absolute Gasteiger partial charge is 0.125 e. The number of aryl methyl sites for hydroxylation is 1. The van der Waals surface area contributed by atoms with Crippen LogP contribution in [0.2, 0.25) is 0 Å². The summed E-state index contributed by atoms with van der Waals surface area (Å²) in [6, 6.07) is 4.27. The topological polar surface area (TPSA) is 36.8 Å². The van der Waals surface area contributed by atoms with Crippen LogP contribution in [0.3, 0.4) is 0 Å². The third kappa shape index (κ3) is 3.20. The molecule has 0 bridgehead atoms. The molecule has 24 heavy (non-hydrogen) atoms. The summed E-state index contributed by atoms with van der Waals surface area (Å²) >= 11 is 1.77. The number of hydrogen-bond acceptors (Lipinski definition) is 4. The summed E-state index contributed by atoms with van der Waals surface area (Å²) in [7, 11) is 0. The first kappa shape index (κ1) is 15.3. The molecule has 4 rings (SSSR count). The van der Waals surface area contributed by atoms with Crippen molar-refractivity contribution < 1.29 is 0 Å². The maximum atomic E-state index is 4.67. The molecule has 1 aromatic rings. The van der Waals surface area contributed by atoms with E-state index in [1.54, 1.807) is 11.3 Å². The first-order valence-electron chi connectivity index (χ1n) is 8.44. The monoisotopic (exact) mass is 335 g/mol. The fourth-order valence-corrected chi connectivity index (χ4v) is 3.77. The summed E-state index contributed by atoms with van der Waals surface area (Å²) in [6.45, 7) is 5.02. The quantitative estimate of drug-likeness (QED) is 0.857. The summed E-state index contributed by atoms with van der Waals surface area (Å²) in [5.74, 6) is 1.76. The second kappa shape index (κ2) is 6.36. The Morgan fingerprint density at radius 3 is 2.83 bits per heavy atom. The van der Waals surface area contributed by atoms with Crippen molar-refractivity contribution in [2.75, 3.05) is 6.54 Å². The van der Waals surface area contributed by atoms with E-state index in [2.05, 4.69) is 58.7 Å². The van der Waals surface area contributed by atoms with E-state index in [1.165, 1.54) is 28.2 Å². The van der Waals surface area contributed by atoms with E-state index in [9.17, 15) is 0 Å². The number of nitrogens with one attached hydrogen (secondary N) is 1. The summed E-state index contributed by atoms with van der Waals surface area (Å²) in [5, 5.41) is 3.48. The van der Waals surface area contributed by atoms with Crippen LogP contribution in [0.4, 0.5) is 0 Å². The van der Waals surface area contributed by atoms with Crippen LogP contribution < -0.4 is 5.32 Å². The molecule has 0 saturated heterocycles. The van der Waals surface area contributed by atoms with Crippen molar-refractivity contribution in [1.82, 2.24) is 5.32 Å². The lowest BCUT2D eigenvalue weighted by molar-refractivity contribution is 0.958. The van der Waals surface area contributed by atoms with E-state index in [0.717, 1.165) is 35.3 Å². The highest BCUT2D eigenvalue weighted by atomic mass is 32.1. The fraction of sp³-hybridized carbons (Fsp3) is 0.300. The highest BCUT2D eigenvalue weighted by Crippen LogP contribution is 2.37. The zero-order valence-corrected chi connectivity index (χ0v) is 14.9. The maximum Gasteiger partial charge on any atom is 0.125 e. The molecule has 0 unspecified atom stereocenters. The van der Waals surface area contributed by atoms with Crippen LogP contribution >= 0.6 is 11.3 Å². The molecule has 1 N–H and O–H groups in total. The highest BCUT2D eigenvalue weighted by Gasteiger charge is 2.28. The minimum absolute atomic E-state index is 0.785. The molecule has 0 spiro atoms. The van der Waals surface area contributed by atoms with Gasteiger partial charge in [-0.1, -0.05) is 6.08 Å². The van der Waals surface area contributed by atoms with Crippen molar-refractivity contribution >= 4 is 29.1 Å². The van der Waals surface area contributed by atoms with Gasteiger partial charge in [-0.2, -0.15) is 0 Å². The number of allylic oxidation sites excluding steroid dienone is 4. The molecule has 0 radical (unpaired) electrons. The first-order valence-corrected chi connectivity index (χ1v) is 9.26. The molecule has 2 aliphatic heterocycles. The van der Waals surface area contributed by atoms with Gasteiger partial charge in [0.1, 0.15) is 5.84 Å². The Morgan fingerprint density at radius 2 is 2.12 bits per heavy atom. The van der Waals surface area contributed by atoms with Gasteiger partial charge in [-0.3, -0.25) is 9.98 Å². The van der Waals surface area contributed by atoms with Crippen molar-refractivity contribution in [3.63, 3.8) is 0 Å². The number of hydrogen-bond donors (Lipinski definition) is 1. The second-order valence-electron chi connectivity index (χ2n) is 6.36.